The maximum Gasteiger partial charge on any atom is 0.335 e. The first kappa shape index (κ1) is 23.2. The molecular formula is C26H32O9. The Morgan fingerprint density at radius 1 is 1.11 bits per heavy atom. The van der Waals surface area contributed by atoms with Gasteiger partial charge in [-0.25, -0.2) is 4.79 Å². The van der Waals surface area contributed by atoms with Gasteiger partial charge in [-0.2, -0.15) is 0 Å². The third kappa shape index (κ3) is 2.47. The van der Waals surface area contributed by atoms with Crippen LogP contribution in [0.15, 0.2) is 23.0 Å². The molecule has 5 aliphatic rings. The second-order valence-electron chi connectivity index (χ2n) is 12.1. The van der Waals surface area contributed by atoms with E-state index in [0.717, 1.165) is 0 Å². The Hall–Kier alpha value is -2.23. The lowest BCUT2D eigenvalue weighted by atomic mass is 9.37. The Morgan fingerprint density at radius 2 is 1.86 bits per heavy atom. The SMILES string of the molecule is CC1(C)O[C@H]2CC(=O)OC[C@]23[C@H]2CC[C@@](C)([C@@H](O)c4ccoc4)[C@@]4(OC4C(=O)O)[C@]2(C)C(=O)C[C@@H]13. The minimum atomic E-state index is -1.43. The van der Waals surface area contributed by atoms with Gasteiger partial charge in [-0.15, -0.1) is 0 Å². The van der Waals surface area contributed by atoms with Crippen molar-refractivity contribution >= 4 is 17.7 Å². The predicted octanol–water partition coefficient (Wildman–Crippen LogP) is 2.66. The van der Waals surface area contributed by atoms with E-state index in [0.29, 0.717) is 18.4 Å². The number of carboxylic acid groups (broad SMARTS) is 1. The average Bonchev–Trinajstić information content (AvgIpc) is 3.25. The summed E-state index contributed by atoms with van der Waals surface area (Å²) in [4.78, 5) is 38.9. The molecule has 1 aromatic rings. The number of aliphatic hydroxyl groups excluding tert-OH is 1. The van der Waals surface area contributed by atoms with Gasteiger partial charge in [0.2, 0.25) is 0 Å². The Kier molecular flexibility index (Phi) is 4.47. The van der Waals surface area contributed by atoms with Gasteiger partial charge in [0, 0.05) is 28.7 Å². The number of fused-ring (bicyclic) bond motifs is 2. The van der Waals surface area contributed by atoms with Crippen LogP contribution in [-0.4, -0.2) is 58.0 Å². The van der Waals surface area contributed by atoms with Crippen molar-refractivity contribution in [1.82, 2.24) is 0 Å². The highest BCUT2D eigenvalue weighted by molar-refractivity contribution is 5.92. The number of aliphatic carboxylic acids is 1. The Balaban J connectivity index is 1.53. The highest BCUT2D eigenvalue weighted by Gasteiger charge is 2.87. The third-order valence-corrected chi connectivity index (χ3v) is 10.6. The zero-order valence-electron chi connectivity index (χ0n) is 20.4. The number of aliphatic hydroxyl groups is 1. The molecule has 9 atom stereocenters. The van der Waals surface area contributed by atoms with E-state index >= 15 is 0 Å². The number of hydrogen-bond acceptors (Lipinski definition) is 8. The molecular weight excluding hydrogens is 456 g/mol. The van der Waals surface area contributed by atoms with Gasteiger partial charge in [0.15, 0.2) is 6.10 Å². The van der Waals surface area contributed by atoms with Gasteiger partial charge in [0.25, 0.3) is 0 Å². The number of carbonyl (C=O) groups excluding carboxylic acids is 2. The monoisotopic (exact) mass is 488 g/mol. The fraction of sp³-hybridized carbons (Fsp3) is 0.731. The summed E-state index contributed by atoms with van der Waals surface area (Å²) in [5.74, 6) is -2.08. The van der Waals surface area contributed by atoms with E-state index in [9.17, 15) is 24.6 Å². The van der Waals surface area contributed by atoms with Crippen LogP contribution in [0.4, 0.5) is 0 Å². The van der Waals surface area contributed by atoms with E-state index in [1.165, 1.54) is 12.5 Å². The Labute approximate surface area is 203 Å². The van der Waals surface area contributed by atoms with E-state index in [1.54, 1.807) is 6.07 Å². The van der Waals surface area contributed by atoms with E-state index in [2.05, 4.69) is 0 Å². The molecule has 9 heteroatoms. The highest BCUT2D eigenvalue weighted by Crippen LogP contribution is 2.78. The predicted molar refractivity (Wildman–Crippen MR) is 118 cm³/mol. The molecule has 190 valence electrons. The van der Waals surface area contributed by atoms with Crippen molar-refractivity contribution in [2.45, 2.75) is 82.9 Å². The second-order valence-corrected chi connectivity index (χ2v) is 12.1. The minimum absolute atomic E-state index is 0.0820. The lowest BCUT2D eigenvalue weighted by molar-refractivity contribution is -0.218. The molecule has 1 aromatic heterocycles. The first-order chi connectivity index (χ1) is 16.4. The molecule has 0 amide bonds. The highest BCUT2D eigenvalue weighted by atomic mass is 16.6. The van der Waals surface area contributed by atoms with Gasteiger partial charge in [-0.05, 0) is 45.6 Å². The number of furan rings is 1. The molecule has 2 spiro atoms. The smallest absolute Gasteiger partial charge is 0.335 e. The third-order valence-electron chi connectivity index (χ3n) is 10.6. The first-order valence-electron chi connectivity index (χ1n) is 12.3. The summed E-state index contributed by atoms with van der Waals surface area (Å²) >= 11 is 0. The van der Waals surface area contributed by atoms with E-state index in [1.807, 2.05) is 27.7 Å². The molecule has 5 fully saturated rings. The zero-order valence-corrected chi connectivity index (χ0v) is 20.4. The fourth-order valence-corrected chi connectivity index (χ4v) is 8.99. The number of rotatable bonds is 3. The molecule has 4 heterocycles. The summed E-state index contributed by atoms with van der Waals surface area (Å²) in [6.45, 7) is 7.67. The van der Waals surface area contributed by atoms with Crippen LogP contribution in [0.5, 0.6) is 0 Å². The van der Waals surface area contributed by atoms with E-state index in [4.69, 9.17) is 18.6 Å². The van der Waals surface area contributed by atoms with Crippen LogP contribution in [0.25, 0.3) is 0 Å². The van der Waals surface area contributed by atoms with Crippen LogP contribution in [0.2, 0.25) is 0 Å². The average molecular weight is 489 g/mol. The molecule has 2 aliphatic carbocycles. The van der Waals surface area contributed by atoms with Crippen LogP contribution in [-0.2, 0) is 28.6 Å². The number of esters is 1. The van der Waals surface area contributed by atoms with Gasteiger partial charge in [0.1, 0.15) is 18.0 Å². The molecule has 0 bridgehead atoms. The summed E-state index contributed by atoms with van der Waals surface area (Å²) in [5, 5.41) is 21.7. The lowest BCUT2D eigenvalue weighted by Gasteiger charge is -2.64. The first-order valence-corrected chi connectivity index (χ1v) is 12.3. The standard InChI is InChI=1S/C26H32O9/c1-22(2)15-9-16(27)24(4)14(25(15)12-33-18(28)10-17(25)34-22)5-7-23(3,19(29)13-6-8-32-11-13)26(24)20(35-26)21(30)31/h6,8,11,14-15,17,19-20,29H,5,7,9-10,12H2,1-4H3,(H,30,31)/t14-,15-,17-,19-,20?,23-,24-,25+,26+/m0/s1. The largest absolute Gasteiger partial charge is 0.479 e. The van der Waals surface area contributed by atoms with Crippen LogP contribution < -0.4 is 0 Å². The van der Waals surface area contributed by atoms with Gasteiger partial charge >= 0.3 is 11.9 Å². The number of ether oxygens (including phenoxy) is 3. The Bertz CT molecular complexity index is 1110. The van der Waals surface area contributed by atoms with Crippen LogP contribution in [0.3, 0.4) is 0 Å². The van der Waals surface area contributed by atoms with Crippen molar-refractivity contribution in [2.75, 3.05) is 6.61 Å². The molecule has 0 radical (unpaired) electrons. The zero-order chi connectivity index (χ0) is 25.2. The second kappa shape index (κ2) is 6.75. The van der Waals surface area contributed by atoms with Crippen molar-refractivity contribution in [3.05, 3.63) is 24.2 Å². The van der Waals surface area contributed by atoms with Crippen molar-refractivity contribution < 1.29 is 43.2 Å². The van der Waals surface area contributed by atoms with Gasteiger partial charge in [-0.3, -0.25) is 9.59 Å². The summed E-state index contributed by atoms with van der Waals surface area (Å²) in [7, 11) is 0. The number of epoxide rings is 1. The summed E-state index contributed by atoms with van der Waals surface area (Å²) in [5.41, 5.74) is -4.49. The summed E-state index contributed by atoms with van der Waals surface area (Å²) < 4.78 is 23.4. The van der Waals surface area contributed by atoms with Gasteiger partial charge in [-0.1, -0.05) is 6.92 Å². The molecule has 35 heavy (non-hydrogen) atoms. The molecule has 3 aliphatic heterocycles. The summed E-state index contributed by atoms with van der Waals surface area (Å²) in [6, 6.07) is 1.65. The minimum Gasteiger partial charge on any atom is -0.479 e. The molecule has 3 saturated heterocycles. The van der Waals surface area contributed by atoms with Gasteiger partial charge in [0.05, 0.1) is 42.2 Å². The number of Topliss-reactive ketones (excluding diaryl/α,β-unsaturated/α-hetero) is 1. The van der Waals surface area contributed by atoms with E-state index < -0.39 is 51.7 Å². The van der Waals surface area contributed by atoms with Crippen molar-refractivity contribution in [1.29, 1.82) is 0 Å². The van der Waals surface area contributed by atoms with E-state index in [-0.39, 0.29) is 43.0 Å². The van der Waals surface area contributed by atoms with Crippen molar-refractivity contribution in [2.24, 2.45) is 28.1 Å². The number of hydrogen-bond donors (Lipinski definition) is 2. The number of ketones is 1. The van der Waals surface area contributed by atoms with Crippen molar-refractivity contribution in [3.8, 4) is 0 Å². The molecule has 2 saturated carbocycles. The molecule has 1 unspecified atom stereocenters. The quantitative estimate of drug-likeness (QED) is 0.486. The van der Waals surface area contributed by atoms with Crippen LogP contribution >= 0.6 is 0 Å². The molecule has 9 nitrogen and oxygen atoms in total. The van der Waals surface area contributed by atoms with Crippen molar-refractivity contribution in [3.63, 3.8) is 0 Å². The number of cyclic esters (lactones) is 1. The fourth-order valence-electron chi connectivity index (χ4n) is 8.99. The molecule has 2 N–H and O–H groups in total. The lowest BCUT2D eigenvalue weighted by Crippen LogP contribution is -2.71. The topological polar surface area (TPSA) is 136 Å². The Morgan fingerprint density at radius 3 is 2.49 bits per heavy atom. The molecule has 0 aromatic carbocycles. The number of carboxylic acids is 1. The maximum atomic E-state index is 14.2. The molecule has 6 rings (SSSR count). The normalized spacial score (nSPS) is 48.5. The summed E-state index contributed by atoms with van der Waals surface area (Å²) in [6.07, 6.45) is 1.37. The van der Waals surface area contributed by atoms with Crippen LogP contribution in [0, 0.1) is 28.1 Å². The number of carbonyl (C=O) groups is 3. The maximum absolute atomic E-state index is 14.2. The van der Waals surface area contributed by atoms with Gasteiger partial charge < -0.3 is 28.8 Å². The van der Waals surface area contributed by atoms with Crippen LogP contribution in [0.1, 0.15) is 65.0 Å².